The molecule has 4 heteroatoms. The van der Waals surface area contributed by atoms with E-state index in [1.165, 1.54) is 43.1 Å². The van der Waals surface area contributed by atoms with Crippen LogP contribution < -0.4 is 5.32 Å². The molecule has 1 aromatic heterocycles. The van der Waals surface area contributed by atoms with Crippen molar-refractivity contribution in [1.82, 2.24) is 15.2 Å². The molecule has 1 unspecified atom stereocenters. The van der Waals surface area contributed by atoms with Crippen LogP contribution in [0.25, 0.3) is 0 Å². The van der Waals surface area contributed by atoms with Gasteiger partial charge in [0.25, 0.3) is 0 Å². The van der Waals surface area contributed by atoms with Crippen molar-refractivity contribution >= 4 is 11.3 Å². The third kappa shape index (κ3) is 4.55. The normalized spacial score (nSPS) is 21.2. The van der Waals surface area contributed by atoms with Gasteiger partial charge >= 0.3 is 0 Å². The van der Waals surface area contributed by atoms with E-state index in [1.807, 2.05) is 18.4 Å². The van der Waals surface area contributed by atoms with Crippen LogP contribution in [0.3, 0.4) is 0 Å². The second kappa shape index (κ2) is 7.36. The molecule has 1 aromatic rings. The van der Waals surface area contributed by atoms with Crippen LogP contribution in [0.2, 0.25) is 0 Å². The number of likely N-dealkylation sites (N-methyl/N-ethyl adjacent to an activating group) is 1. The second-order valence-corrected chi connectivity index (χ2v) is 6.83. The predicted octanol–water partition coefficient (Wildman–Crippen LogP) is 2.57. The maximum absolute atomic E-state index is 4.77. The van der Waals surface area contributed by atoms with Gasteiger partial charge in [-0.2, -0.15) is 0 Å². The number of thiazole rings is 1. The van der Waals surface area contributed by atoms with Gasteiger partial charge in [-0.3, -0.25) is 0 Å². The summed E-state index contributed by atoms with van der Waals surface area (Å²) in [6.45, 7) is 8.17. The van der Waals surface area contributed by atoms with Crippen molar-refractivity contribution in [2.45, 2.75) is 45.6 Å². The molecule has 1 aliphatic heterocycles. The number of aromatic nitrogens is 1. The second-order valence-electron chi connectivity index (χ2n) is 5.89. The number of hydrogen-bond acceptors (Lipinski definition) is 4. The van der Waals surface area contributed by atoms with E-state index < -0.39 is 0 Å². The molecule has 0 bridgehead atoms. The SMILES string of the molecule is CNCCc1csc(CC2CCCN(C(C)C)C2)n1. The molecule has 1 saturated heterocycles. The van der Waals surface area contributed by atoms with Gasteiger partial charge in [0.1, 0.15) is 0 Å². The molecule has 0 aliphatic carbocycles. The molecule has 1 atom stereocenters. The molecular formula is C15H27N3S. The fraction of sp³-hybridized carbons (Fsp3) is 0.800. The van der Waals surface area contributed by atoms with Gasteiger partial charge < -0.3 is 10.2 Å². The Labute approximate surface area is 121 Å². The number of nitrogens with one attached hydrogen (secondary N) is 1. The maximum Gasteiger partial charge on any atom is 0.0931 e. The van der Waals surface area contributed by atoms with E-state index in [4.69, 9.17) is 4.98 Å². The lowest BCUT2D eigenvalue weighted by Gasteiger charge is -2.35. The largest absolute Gasteiger partial charge is 0.319 e. The molecule has 19 heavy (non-hydrogen) atoms. The minimum absolute atomic E-state index is 0.685. The Balaban J connectivity index is 1.84. The summed E-state index contributed by atoms with van der Waals surface area (Å²) in [4.78, 5) is 7.39. The number of nitrogens with zero attached hydrogens (tertiary/aromatic N) is 2. The summed E-state index contributed by atoms with van der Waals surface area (Å²) in [5.74, 6) is 0.805. The maximum atomic E-state index is 4.77. The molecule has 0 amide bonds. The van der Waals surface area contributed by atoms with E-state index in [-0.39, 0.29) is 0 Å². The van der Waals surface area contributed by atoms with Crippen molar-refractivity contribution in [2.75, 3.05) is 26.7 Å². The van der Waals surface area contributed by atoms with E-state index in [0.29, 0.717) is 6.04 Å². The third-order valence-electron chi connectivity index (χ3n) is 3.97. The molecule has 1 N–H and O–H groups in total. The summed E-state index contributed by atoms with van der Waals surface area (Å²) in [7, 11) is 2.00. The van der Waals surface area contributed by atoms with Crippen molar-refractivity contribution < 1.29 is 0 Å². The minimum Gasteiger partial charge on any atom is -0.319 e. The highest BCUT2D eigenvalue weighted by molar-refractivity contribution is 7.09. The van der Waals surface area contributed by atoms with Crippen molar-refractivity contribution in [1.29, 1.82) is 0 Å². The van der Waals surface area contributed by atoms with Crippen LogP contribution in [-0.4, -0.2) is 42.6 Å². The summed E-state index contributed by atoms with van der Waals surface area (Å²) in [6.07, 6.45) is 4.94. The van der Waals surface area contributed by atoms with Crippen LogP contribution in [0, 0.1) is 5.92 Å². The highest BCUT2D eigenvalue weighted by Gasteiger charge is 2.22. The predicted molar refractivity (Wildman–Crippen MR) is 82.9 cm³/mol. The molecule has 0 saturated carbocycles. The highest BCUT2D eigenvalue weighted by Crippen LogP contribution is 2.23. The fourth-order valence-corrected chi connectivity index (χ4v) is 3.73. The molecular weight excluding hydrogens is 254 g/mol. The standard InChI is InChI=1S/C15H27N3S/c1-12(2)18-8-4-5-13(10-18)9-15-17-14(11-19-15)6-7-16-3/h11-13,16H,4-10H2,1-3H3. The lowest BCUT2D eigenvalue weighted by Crippen LogP contribution is -2.40. The van der Waals surface area contributed by atoms with Crippen molar-refractivity contribution in [3.05, 3.63) is 16.1 Å². The zero-order valence-electron chi connectivity index (χ0n) is 12.5. The Morgan fingerprint density at radius 3 is 3.11 bits per heavy atom. The van der Waals surface area contributed by atoms with Crippen molar-refractivity contribution in [3.63, 3.8) is 0 Å². The first-order chi connectivity index (χ1) is 9.19. The minimum atomic E-state index is 0.685. The summed E-state index contributed by atoms with van der Waals surface area (Å²) in [5, 5.41) is 6.75. The number of rotatable bonds is 6. The number of hydrogen-bond donors (Lipinski definition) is 1. The first-order valence-electron chi connectivity index (χ1n) is 7.51. The molecule has 2 rings (SSSR count). The van der Waals surface area contributed by atoms with Crippen LogP contribution in [0.1, 0.15) is 37.4 Å². The topological polar surface area (TPSA) is 28.2 Å². The van der Waals surface area contributed by atoms with Gasteiger partial charge in [0.15, 0.2) is 0 Å². The summed E-state index contributed by atoms with van der Waals surface area (Å²) < 4.78 is 0. The van der Waals surface area contributed by atoms with Crippen LogP contribution in [-0.2, 0) is 12.8 Å². The van der Waals surface area contributed by atoms with E-state index in [2.05, 4.69) is 29.4 Å². The first-order valence-corrected chi connectivity index (χ1v) is 8.39. The summed E-state index contributed by atoms with van der Waals surface area (Å²) in [5.41, 5.74) is 1.26. The van der Waals surface area contributed by atoms with Gasteiger partial charge in [0.05, 0.1) is 10.7 Å². The molecule has 0 aromatic carbocycles. The highest BCUT2D eigenvalue weighted by atomic mass is 32.1. The van der Waals surface area contributed by atoms with E-state index >= 15 is 0 Å². The Morgan fingerprint density at radius 1 is 1.53 bits per heavy atom. The smallest absolute Gasteiger partial charge is 0.0931 e. The molecule has 0 radical (unpaired) electrons. The Bertz CT molecular complexity index is 375. The average molecular weight is 281 g/mol. The molecule has 2 heterocycles. The number of piperidine rings is 1. The van der Waals surface area contributed by atoms with Gasteiger partial charge in [0.2, 0.25) is 0 Å². The van der Waals surface area contributed by atoms with Gasteiger partial charge in [-0.15, -0.1) is 11.3 Å². The fourth-order valence-electron chi connectivity index (χ4n) is 2.79. The zero-order chi connectivity index (χ0) is 13.7. The van der Waals surface area contributed by atoms with E-state index in [9.17, 15) is 0 Å². The number of likely N-dealkylation sites (tertiary alicyclic amines) is 1. The monoisotopic (exact) mass is 281 g/mol. The molecule has 0 spiro atoms. The summed E-state index contributed by atoms with van der Waals surface area (Å²) >= 11 is 1.85. The molecule has 3 nitrogen and oxygen atoms in total. The summed E-state index contributed by atoms with van der Waals surface area (Å²) in [6, 6.07) is 0.685. The Morgan fingerprint density at radius 2 is 2.37 bits per heavy atom. The van der Waals surface area contributed by atoms with E-state index in [0.717, 1.165) is 18.9 Å². The van der Waals surface area contributed by atoms with Crippen LogP contribution in [0.5, 0.6) is 0 Å². The van der Waals surface area contributed by atoms with Gasteiger partial charge in [-0.1, -0.05) is 0 Å². The van der Waals surface area contributed by atoms with Crippen LogP contribution >= 0.6 is 11.3 Å². The van der Waals surface area contributed by atoms with Crippen LogP contribution in [0.15, 0.2) is 5.38 Å². The quantitative estimate of drug-likeness (QED) is 0.868. The van der Waals surface area contributed by atoms with Crippen molar-refractivity contribution in [3.8, 4) is 0 Å². The van der Waals surface area contributed by atoms with Crippen molar-refractivity contribution in [2.24, 2.45) is 5.92 Å². The average Bonchev–Trinajstić information content (AvgIpc) is 2.84. The lowest BCUT2D eigenvalue weighted by molar-refractivity contribution is 0.139. The van der Waals surface area contributed by atoms with Crippen LogP contribution in [0.4, 0.5) is 0 Å². The molecule has 108 valence electrons. The molecule has 1 aliphatic rings. The molecule has 1 fully saturated rings. The van der Waals surface area contributed by atoms with E-state index in [1.54, 1.807) is 0 Å². The van der Waals surface area contributed by atoms with Gasteiger partial charge in [0, 0.05) is 37.4 Å². The lowest BCUT2D eigenvalue weighted by atomic mass is 9.94. The Kier molecular flexibility index (Phi) is 5.79. The third-order valence-corrected chi connectivity index (χ3v) is 4.89. The van der Waals surface area contributed by atoms with Gasteiger partial charge in [-0.25, -0.2) is 4.98 Å². The first kappa shape index (κ1) is 14.9. The van der Waals surface area contributed by atoms with Gasteiger partial charge in [-0.05, 0) is 46.2 Å². The Hall–Kier alpha value is -0.450. The zero-order valence-corrected chi connectivity index (χ0v) is 13.3.